The minimum atomic E-state index is -0.236. The molecule has 2 fully saturated rings. The van der Waals surface area contributed by atoms with Gasteiger partial charge in [-0.3, -0.25) is 9.59 Å². The Labute approximate surface area is 107 Å². The molecule has 2 heterocycles. The fourth-order valence-corrected chi connectivity index (χ4v) is 4.17. The number of thioether (sulfide) groups is 1. The van der Waals surface area contributed by atoms with Crippen molar-refractivity contribution in [3.05, 3.63) is 0 Å². The molecule has 0 spiro atoms. The number of amides is 2. The summed E-state index contributed by atoms with van der Waals surface area (Å²) in [4.78, 5) is 27.8. The number of fused-ring (bicyclic) bond motifs is 1. The largest absolute Gasteiger partial charge is 0.341 e. The van der Waals surface area contributed by atoms with Crippen LogP contribution in [0, 0.1) is 0 Å². The lowest BCUT2D eigenvalue weighted by atomic mass is 10.2. The van der Waals surface area contributed by atoms with Crippen LogP contribution in [0.15, 0.2) is 0 Å². The van der Waals surface area contributed by atoms with Gasteiger partial charge in [0.2, 0.25) is 11.8 Å². The summed E-state index contributed by atoms with van der Waals surface area (Å²) in [5.41, 5.74) is 0. The van der Waals surface area contributed by atoms with E-state index in [1.54, 1.807) is 11.8 Å². The minimum Gasteiger partial charge on any atom is -0.341 e. The van der Waals surface area contributed by atoms with Crippen LogP contribution in [0.1, 0.15) is 33.6 Å². The van der Waals surface area contributed by atoms with Gasteiger partial charge in [0.1, 0.15) is 6.04 Å². The molecule has 0 aromatic heterocycles. The molecule has 0 saturated carbocycles. The van der Waals surface area contributed by atoms with Gasteiger partial charge in [0, 0.05) is 25.3 Å². The number of nitrogens with zero attached hydrogens (tertiary/aromatic N) is 2. The van der Waals surface area contributed by atoms with E-state index in [4.69, 9.17) is 0 Å². The van der Waals surface area contributed by atoms with E-state index in [-0.39, 0.29) is 22.7 Å². The van der Waals surface area contributed by atoms with Crippen molar-refractivity contribution in [2.75, 3.05) is 18.8 Å². The zero-order valence-electron chi connectivity index (χ0n) is 10.7. The Hall–Kier alpha value is -0.710. The molecule has 5 heteroatoms. The van der Waals surface area contributed by atoms with Crippen molar-refractivity contribution in [1.29, 1.82) is 0 Å². The predicted molar refractivity (Wildman–Crippen MR) is 68.7 cm³/mol. The quantitative estimate of drug-likeness (QED) is 0.764. The fourth-order valence-electron chi connectivity index (χ4n) is 2.75. The summed E-state index contributed by atoms with van der Waals surface area (Å²) in [5, 5.41) is 0. The molecule has 2 rings (SSSR count). The van der Waals surface area contributed by atoms with Crippen molar-refractivity contribution in [2.24, 2.45) is 0 Å². The first-order chi connectivity index (χ1) is 8.03. The second-order valence-corrected chi connectivity index (χ2v) is 6.28. The van der Waals surface area contributed by atoms with E-state index in [0.29, 0.717) is 6.42 Å². The third-order valence-corrected chi connectivity index (χ3v) is 5.31. The zero-order valence-corrected chi connectivity index (χ0v) is 11.5. The normalized spacial score (nSPS) is 31.8. The number of rotatable bonds is 3. The molecule has 17 heavy (non-hydrogen) atoms. The van der Waals surface area contributed by atoms with E-state index >= 15 is 0 Å². The molecule has 2 amide bonds. The van der Waals surface area contributed by atoms with Gasteiger partial charge >= 0.3 is 0 Å². The first-order valence-electron chi connectivity index (χ1n) is 6.28. The van der Waals surface area contributed by atoms with Gasteiger partial charge in [-0.15, -0.1) is 11.8 Å². The van der Waals surface area contributed by atoms with Gasteiger partial charge in [-0.1, -0.05) is 0 Å². The molecule has 2 aliphatic heterocycles. The molecule has 2 unspecified atom stereocenters. The van der Waals surface area contributed by atoms with Gasteiger partial charge in [0.05, 0.1) is 4.87 Å². The lowest BCUT2D eigenvalue weighted by molar-refractivity contribution is -0.143. The molecular weight excluding hydrogens is 236 g/mol. The SMILES string of the molecule is CCN(CC)C(=O)C1CSC2(C)CCC(=O)N12. The van der Waals surface area contributed by atoms with Crippen molar-refractivity contribution >= 4 is 23.6 Å². The standard InChI is InChI=1S/C12H20N2O2S/c1-4-13(5-2)11(16)9-8-17-12(3)7-6-10(15)14(9)12/h9H,4-8H2,1-3H3. The highest BCUT2D eigenvalue weighted by atomic mass is 32.2. The third-order valence-electron chi connectivity index (χ3n) is 3.81. The Kier molecular flexibility index (Phi) is 3.39. The molecule has 0 aromatic rings. The maximum atomic E-state index is 12.4. The molecule has 0 aromatic carbocycles. The van der Waals surface area contributed by atoms with Crippen molar-refractivity contribution in [3.8, 4) is 0 Å². The first-order valence-corrected chi connectivity index (χ1v) is 7.27. The summed E-state index contributed by atoms with van der Waals surface area (Å²) in [6.45, 7) is 7.48. The lowest BCUT2D eigenvalue weighted by Gasteiger charge is -2.32. The zero-order chi connectivity index (χ0) is 12.6. The Bertz CT molecular complexity index is 343. The topological polar surface area (TPSA) is 40.6 Å². The van der Waals surface area contributed by atoms with Gasteiger partial charge in [-0.25, -0.2) is 0 Å². The summed E-state index contributed by atoms with van der Waals surface area (Å²) < 4.78 is 0. The van der Waals surface area contributed by atoms with Crippen LogP contribution < -0.4 is 0 Å². The molecule has 2 aliphatic rings. The van der Waals surface area contributed by atoms with E-state index in [1.807, 2.05) is 23.6 Å². The van der Waals surface area contributed by atoms with E-state index < -0.39 is 0 Å². The van der Waals surface area contributed by atoms with E-state index in [2.05, 4.69) is 6.92 Å². The summed E-state index contributed by atoms with van der Waals surface area (Å²) in [6, 6.07) is -0.236. The van der Waals surface area contributed by atoms with E-state index in [1.165, 1.54) is 0 Å². The van der Waals surface area contributed by atoms with Crippen LogP contribution in [0.3, 0.4) is 0 Å². The number of hydrogen-bond acceptors (Lipinski definition) is 3. The smallest absolute Gasteiger partial charge is 0.246 e. The molecule has 2 saturated heterocycles. The molecule has 4 nitrogen and oxygen atoms in total. The number of likely N-dealkylation sites (N-methyl/N-ethyl adjacent to an activating group) is 1. The van der Waals surface area contributed by atoms with Gasteiger partial charge in [-0.2, -0.15) is 0 Å². The summed E-state index contributed by atoms with van der Waals surface area (Å²) in [7, 11) is 0. The maximum Gasteiger partial charge on any atom is 0.246 e. The fraction of sp³-hybridized carbons (Fsp3) is 0.833. The highest BCUT2D eigenvalue weighted by Crippen LogP contribution is 2.47. The van der Waals surface area contributed by atoms with Gasteiger partial charge in [-0.05, 0) is 27.2 Å². The Morgan fingerprint density at radius 2 is 2.18 bits per heavy atom. The molecule has 0 aliphatic carbocycles. The van der Waals surface area contributed by atoms with Crippen LogP contribution in [-0.2, 0) is 9.59 Å². The third kappa shape index (κ3) is 1.94. The Balaban J connectivity index is 2.18. The summed E-state index contributed by atoms with van der Waals surface area (Å²) >= 11 is 1.75. The van der Waals surface area contributed by atoms with Crippen LogP contribution in [-0.4, -0.2) is 51.4 Å². The number of carbonyl (C=O) groups is 2. The molecule has 96 valence electrons. The van der Waals surface area contributed by atoms with Crippen molar-refractivity contribution in [3.63, 3.8) is 0 Å². The van der Waals surface area contributed by atoms with Crippen molar-refractivity contribution in [1.82, 2.24) is 9.80 Å². The van der Waals surface area contributed by atoms with E-state index in [9.17, 15) is 9.59 Å². The Morgan fingerprint density at radius 3 is 2.76 bits per heavy atom. The lowest BCUT2D eigenvalue weighted by Crippen LogP contribution is -2.51. The van der Waals surface area contributed by atoms with Crippen LogP contribution >= 0.6 is 11.8 Å². The van der Waals surface area contributed by atoms with Crippen LogP contribution in [0.5, 0.6) is 0 Å². The molecular formula is C12H20N2O2S. The number of carbonyl (C=O) groups excluding carboxylic acids is 2. The van der Waals surface area contributed by atoms with Crippen molar-refractivity contribution in [2.45, 2.75) is 44.5 Å². The maximum absolute atomic E-state index is 12.4. The van der Waals surface area contributed by atoms with Gasteiger partial charge in [0.25, 0.3) is 0 Å². The summed E-state index contributed by atoms with van der Waals surface area (Å²) in [6.07, 6.45) is 1.46. The Morgan fingerprint density at radius 1 is 1.53 bits per heavy atom. The van der Waals surface area contributed by atoms with Crippen LogP contribution in [0.4, 0.5) is 0 Å². The summed E-state index contributed by atoms with van der Waals surface area (Å²) in [5.74, 6) is 1.00. The van der Waals surface area contributed by atoms with Gasteiger partial charge < -0.3 is 9.80 Å². The van der Waals surface area contributed by atoms with E-state index in [0.717, 1.165) is 25.3 Å². The first kappa shape index (κ1) is 12.7. The van der Waals surface area contributed by atoms with Crippen LogP contribution in [0.2, 0.25) is 0 Å². The molecule has 2 atom stereocenters. The number of hydrogen-bond donors (Lipinski definition) is 0. The molecule has 0 N–H and O–H groups in total. The second-order valence-electron chi connectivity index (χ2n) is 4.78. The minimum absolute atomic E-state index is 0.112. The monoisotopic (exact) mass is 256 g/mol. The predicted octanol–water partition coefficient (Wildman–Crippen LogP) is 1.31. The molecule has 0 bridgehead atoms. The van der Waals surface area contributed by atoms with Crippen molar-refractivity contribution < 1.29 is 9.59 Å². The molecule has 0 radical (unpaired) electrons. The highest BCUT2D eigenvalue weighted by molar-refractivity contribution is 8.01. The van der Waals surface area contributed by atoms with Gasteiger partial charge in [0.15, 0.2) is 0 Å². The highest BCUT2D eigenvalue weighted by Gasteiger charge is 2.53. The second kappa shape index (κ2) is 4.52. The average Bonchev–Trinajstić information content (AvgIpc) is 2.78. The van der Waals surface area contributed by atoms with Crippen LogP contribution in [0.25, 0.3) is 0 Å². The average molecular weight is 256 g/mol.